The van der Waals surface area contributed by atoms with E-state index in [9.17, 15) is 35.5 Å². The molecule has 0 aliphatic heterocycles. The molecule has 34 heavy (non-hydrogen) atoms. The zero-order valence-corrected chi connectivity index (χ0v) is 23.6. The normalized spacial score (nSPS) is 12.6. The van der Waals surface area contributed by atoms with Gasteiger partial charge in [-0.25, -0.2) is 0 Å². The number of rotatable bonds is 4. The number of carbonyl (C=O) groups is 2. The average molecular weight is 522 g/mol. The molecule has 168 valence electrons. The van der Waals surface area contributed by atoms with E-state index in [2.05, 4.69) is 5.32 Å². The molecule has 4 rings (SSSR count). The Bertz CT molecular complexity index is 1570. The van der Waals surface area contributed by atoms with Crippen molar-refractivity contribution in [3.63, 3.8) is 0 Å². The van der Waals surface area contributed by atoms with Crippen molar-refractivity contribution in [3.8, 4) is 0 Å². The van der Waals surface area contributed by atoms with Crippen LogP contribution in [-0.2, 0) is 20.2 Å². The predicted molar refractivity (Wildman–Crippen MR) is 116 cm³/mol. The quantitative estimate of drug-likeness (QED) is 0.119. The van der Waals surface area contributed by atoms with Crippen molar-refractivity contribution < 1.29 is 97.5 Å². The summed E-state index contributed by atoms with van der Waals surface area (Å²) in [6, 6.07) is 11.7. The topological polar surface area (TPSA) is 181 Å². The van der Waals surface area contributed by atoms with Crippen LogP contribution in [0.25, 0.3) is 0 Å². The number of para-hydroxylation sites is 1. The van der Waals surface area contributed by atoms with Crippen LogP contribution in [0.1, 0.15) is 34.7 Å². The Labute approximate surface area is 242 Å². The van der Waals surface area contributed by atoms with Gasteiger partial charge in [-0.2, -0.15) is 16.8 Å². The van der Waals surface area contributed by atoms with Gasteiger partial charge in [0.25, 0.3) is 20.2 Å². The summed E-state index contributed by atoms with van der Waals surface area (Å²) >= 11 is 0. The molecule has 0 spiro atoms. The predicted octanol–water partition coefficient (Wildman–Crippen LogP) is -3.49. The monoisotopic (exact) mass is 522 g/mol. The van der Waals surface area contributed by atoms with E-state index in [4.69, 9.17) is 5.73 Å². The van der Waals surface area contributed by atoms with Gasteiger partial charge in [-0.05, 0) is 18.2 Å². The molecule has 0 heterocycles. The Morgan fingerprint density at radius 1 is 0.706 bits per heavy atom. The van der Waals surface area contributed by atoms with Crippen LogP contribution in [0.2, 0.25) is 0 Å². The number of hydrogen-bond donors (Lipinski definition) is 4. The zero-order chi connectivity index (χ0) is 23.4. The van der Waals surface area contributed by atoms with E-state index in [1.54, 1.807) is 0 Å². The van der Waals surface area contributed by atoms with E-state index in [0.29, 0.717) is 0 Å². The summed E-state index contributed by atoms with van der Waals surface area (Å²) in [4.78, 5) is 24.9. The Kier molecular flexibility index (Phi) is 8.59. The van der Waals surface area contributed by atoms with E-state index in [1.807, 2.05) is 0 Å². The van der Waals surface area contributed by atoms with Crippen molar-refractivity contribution in [2.24, 2.45) is 0 Å². The molecule has 14 heteroatoms. The maximum atomic E-state index is 13.2. The molecule has 0 fully saturated rings. The molecular formula is C20H16N2Na2O8S2. The summed E-state index contributed by atoms with van der Waals surface area (Å²) in [7, 11) is -9.64. The van der Waals surface area contributed by atoms with Crippen LogP contribution in [0.4, 0.5) is 17.1 Å². The van der Waals surface area contributed by atoms with Gasteiger partial charge in [0.2, 0.25) is 0 Å². The van der Waals surface area contributed by atoms with Crippen molar-refractivity contribution in [3.05, 3.63) is 76.9 Å². The van der Waals surface area contributed by atoms with Gasteiger partial charge >= 0.3 is 59.1 Å². The Morgan fingerprint density at radius 2 is 1.18 bits per heavy atom. The zero-order valence-electron chi connectivity index (χ0n) is 19.9. The number of ketones is 2. The second-order valence-corrected chi connectivity index (χ2v) is 9.64. The number of anilines is 3. The number of hydrogen-bond acceptors (Lipinski definition) is 8. The van der Waals surface area contributed by atoms with Crippen LogP contribution >= 0.6 is 0 Å². The van der Waals surface area contributed by atoms with E-state index < -0.39 is 52.8 Å². The number of benzene rings is 3. The number of carbonyl (C=O) groups excluding carboxylic acids is 2. The number of fused-ring (bicyclic) bond motifs is 2. The van der Waals surface area contributed by atoms with Crippen molar-refractivity contribution in [2.45, 2.75) is 9.79 Å². The van der Waals surface area contributed by atoms with Crippen LogP contribution in [0, 0.1) is 0 Å². The van der Waals surface area contributed by atoms with E-state index >= 15 is 0 Å². The van der Waals surface area contributed by atoms with Crippen LogP contribution in [-0.4, -0.2) is 37.5 Å². The second kappa shape index (κ2) is 10.2. The fourth-order valence-corrected chi connectivity index (χ4v) is 4.84. The molecule has 5 N–H and O–H groups in total. The van der Waals surface area contributed by atoms with Gasteiger partial charge in [-0.3, -0.25) is 18.7 Å². The fraction of sp³-hybridized carbons (Fsp3) is 0. The SMILES string of the molecule is Nc1c(S(=O)(=O)O)cc(Nc2ccccc2S(=O)(=O)O)c2c1C(=O)c1ccccc1C2=O.[H-].[H-].[Na+].[Na+]. The summed E-state index contributed by atoms with van der Waals surface area (Å²) in [5, 5.41) is 2.59. The Balaban J connectivity index is 0.00000306. The summed E-state index contributed by atoms with van der Waals surface area (Å²) in [5.74, 6) is -1.42. The molecule has 0 atom stereocenters. The van der Waals surface area contributed by atoms with Gasteiger partial charge in [0.05, 0.1) is 28.2 Å². The molecule has 0 bridgehead atoms. The third-order valence-corrected chi connectivity index (χ3v) is 6.72. The van der Waals surface area contributed by atoms with Crippen LogP contribution in [0.15, 0.2) is 64.4 Å². The number of nitrogens with one attached hydrogen (secondary N) is 1. The van der Waals surface area contributed by atoms with Crippen LogP contribution in [0.5, 0.6) is 0 Å². The molecule has 3 aromatic carbocycles. The maximum absolute atomic E-state index is 13.2. The minimum absolute atomic E-state index is 0. The van der Waals surface area contributed by atoms with Crippen LogP contribution in [0.3, 0.4) is 0 Å². The van der Waals surface area contributed by atoms with Gasteiger partial charge in [0, 0.05) is 11.1 Å². The maximum Gasteiger partial charge on any atom is 1.00 e. The third kappa shape index (κ3) is 5.02. The summed E-state index contributed by atoms with van der Waals surface area (Å²) < 4.78 is 66.4. The minimum atomic E-state index is -4.93. The van der Waals surface area contributed by atoms with Crippen molar-refractivity contribution in [1.82, 2.24) is 0 Å². The first-order valence-corrected chi connectivity index (χ1v) is 11.7. The van der Waals surface area contributed by atoms with Crippen molar-refractivity contribution >= 4 is 48.9 Å². The van der Waals surface area contributed by atoms with E-state index in [1.165, 1.54) is 42.5 Å². The number of nitrogens with two attached hydrogens (primary N) is 1. The van der Waals surface area contributed by atoms with Gasteiger partial charge < -0.3 is 13.9 Å². The summed E-state index contributed by atoms with van der Waals surface area (Å²) in [5.41, 5.74) is 4.04. The molecule has 0 amide bonds. The first kappa shape index (κ1) is 28.7. The molecule has 1 aliphatic rings. The Morgan fingerprint density at radius 3 is 1.71 bits per heavy atom. The molecule has 0 saturated heterocycles. The molecule has 0 saturated carbocycles. The average Bonchev–Trinajstić information content (AvgIpc) is 2.71. The first-order chi connectivity index (χ1) is 14.9. The van der Waals surface area contributed by atoms with Gasteiger partial charge in [0.15, 0.2) is 11.6 Å². The molecule has 0 radical (unpaired) electrons. The summed E-state index contributed by atoms with van der Waals surface area (Å²) in [6.07, 6.45) is 0. The molecule has 1 aliphatic carbocycles. The first-order valence-electron chi connectivity index (χ1n) is 8.87. The van der Waals surface area contributed by atoms with E-state index in [-0.39, 0.29) is 90.0 Å². The fourth-order valence-electron chi connectivity index (χ4n) is 3.55. The van der Waals surface area contributed by atoms with Crippen molar-refractivity contribution in [2.75, 3.05) is 11.1 Å². The van der Waals surface area contributed by atoms with Gasteiger partial charge in [-0.1, -0.05) is 36.4 Å². The second-order valence-electron chi connectivity index (χ2n) is 6.86. The molecule has 3 aromatic rings. The van der Waals surface area contributed by atoms with E-state index in [0.717, 1.165) is 12.1 Å². The Hall–Kier alpha value is -1.58. The molecule has 10 nitrogen and oxygen atoms in total. The minimum Gasteiger partial charge on any atom is -1.00 e. The molecule has 0 unspecified atom stereocenters. The van der Waals surface area contributed by atoms with Crippen molar-refractivity contribution in [1.29, 1.82) is 0 Å². The molecule has 0 aromatic heterocycles. The molecular weight excluding hydrogens is 506 g/mol. The third-order valence-electron chi connectivity index (χ3n) is 4.91. The van der Waals surface area contributed by atoms with Gasteiger partial charge in [-0.15, -0.1) is 0 Å². The largest absolute Gasteiger partial charge is 1.00 e. The number of nitrogen functional groups attached to an aromatic ring is 1. The summed E-state index contributed by atoms with van der Waals surface area (Å²) in [6.45, 7) is 0. The van der Waals surface area contributed by atoms with Gasteiger partial charge in [0.1, 0.15) is 9.79 Å². The van der Waals surface area contributed by atoms with Crippen LogP contribution < -0.4 is 70.2 Å². The smallest absolute Gasteiger partial charge is 1.00 e. The standard InChI is InChI=1S/C20H14N2O8S2.2Na.2H/c21-18-15(32(28,29)30)9-13(22-12-7-3-4-8-14(12)31(25,26)27)16-17(18)20(24)11-6-2-1-5-10(11)19(16)23;;;;/h1-9,22H,21H2,(H,25,26,27)(H,28,29,30);;;;/q;2*+1;2*-1.